The number of amides is 1. The Morgan fingerprint density at radius 1 is 0.967 bits per heavy atom. The maximum atomic E-state index is 12.6. The second-order valence-corrected chi connectivity index (χ2v) is 6.84. The van der Waals surface area contributed by atoms with E-state index in [-0.39, 0.29) is 18.9 Å². The molecule has 154 valence electrons. The molecule has 0 spiro atoms. The van der Waals surface area contributed by atoms with Gasteiger partial charge in [0.2, 0.25) is 0 Å². The fourth-order valence-corrected chi connectivity index (χ4v) is 2.92. The van der Waals surface area contributed by atoms with Gasteiger partial charge in [0.15, 0.2) is 0 Å². The Labute approximate surface area is 174 Å². The molecule has 1 atom stereocenters. The molecule has 3 aromatic rings. The molecule has 0 bridgehead atoms. The Hall–Kier alpha value is -3.55. The van der Waals surface area contributed by atoms with Crippen molar-refractivity contribution in [3.8, 4) is 11.1 Å². The number of nitrogens with one attached hydrogen (secondary N) is 2. The number of benzene rings is 2. The number of aromatic nitrogens is 1. The van der Waals surface area contributed by atoms with Crippen LogP contribution in [-0.4, -0.2) is 39.7 Å². The van der Waals surface area contributed by atoms with E-state index in [0.29, 0.717) is 17.9 Å². The van der Waals surface area contributed by atoms with E-state index >= 15 is 0 Å². The lowest BCUT2D eigenvalue weighted by Crippen LogP contribution is -2.28. The van der Waals surface area contributed by atoms with E-state index in [9.17, 15) is 14.7 Å². The number of carboxylic acids is 1. The minimum atomic E-state index is -1.04. The van der Waals surface area contributed by atoms with Crippen LogP contribution in [0.1, 0.15) is 22.3 Å². The van der Waals surface area contributed by atoms with Gasteiger partial charge in [-0.15, -0.1) is 0 Å². The quantitative estimate of drug-likeness (QED) is 0.436. The molecule has 1 unspecified atom stereocenters. The highest BCUT2D eigenvalue weighted by molar-refractivity contribution is 6.04. The normalized spacial score (nSPS) is 11.6. The fourth-order valence-electron chi connectivity index (χ4n) is 2.92. The molecule has 4 N–H and O–H groups in total. The standard InChI is InChI=1S/C23H23N3O4/c27-20(12-22(28)29)15-24-13-16-9-10-21(25-14-16)26-23(30)19-8-4-7-18(11-19)17-5-2-1-3-6-17/h1-11,14,20,24,27H,12-13,15H2,(H,28,29)(H,25,26,30). The summed E-state index contributed by atoms with van der Waals surface area (Å²) in [6.45, 7) is 0.597. The number of aliphatic hydroxyl groups excluding tert-OH is 1. The van der Waals surface area contributed by atoms with E-state index in [0.717, 1.165) is 16.7 Å². The van der Waals surface area contributed by atoms with Gasteiger partial charge in [-0.05, 0) is 34.9 Å². The summed E-state index contributed by atoms with van der Waals surface area (Å²) in [5.74, 6) is -0.858. The number of hydrogen-bond donors (Lipinski definition) is 4. The van der Waals surface area contributed by atoms with Crippen LogP contribution in [0.2, 0.25) is 0 Å². The average Bonchev–Trinajstić information content (AvgIpc) is 2.75. The van der Waals surface area contributed by atoms with E-state index in [1.165, 1.54) is 0 Å². The molecule has 3 rings (SSSR count). The first-order chi connectivity index (χ1) is 14.5. The van der Waals surface area contributed by atoms with Gasteiger partial charge in [0.25, 0.3) is 5.91 Å². The molecule has 1 heterocycles. The molecule has 0 saturated carbocycles. The molecule has 30 heavy (non-hydrogen) atoms. The number of anilines is 1. The van der Waals surface area contributed by atoms with Gasteiger partial charge in [-0.2, -0.15) is 0 Å². The van der Waals surface area contributed by atoms with Crippen molar-refractivity contribution in [3.63, 3.8) is 0 Å². The molecular formula is C23H23N3O4. The van der Waals surface area contributed by atoms with E-state index in [4.69, 9.17) is 5.11 Å². The predicted octanol–water partition coefficient (Wildman–Crippen LogP) is 2.93. The van der Waals surface area contributed by atoms with Crippen LogP contribution in [0.5, 0.6) is 0 Å². The smallest absolute Gasteiger partial charge is 0.306 e. The Balaban J connectivity index is 1.55. The molecule has 0 aliphatic carbocycles. The van der Waals surface area contributed by atoms with Crippen LogP contribution >= 0.6 is 0 Å². The predicted molar refractivity (Wildman–Crippen MR) is 114 cm³/mol. The minimum absolute atomic E-state index is 0.169. The third-order valence-corrected chi connectivity index (χ3v) is 4.42. The Morgan fingerprint density at radius 3 is 2.43 bits per heavy atom. The van der Waals surface area contributed by atoms with Crippen LogP contribution in [-0.2, 0) is 11.3 Å². The second-order valence-electron chi connectivity index (χ2n) is 6.84. The van der Waals surface area contributed by atoms with Crippen molar-refractivity contribution in [2.24, 2.45) is 0 Å². The Bertz CT molecular complexity index is 991. The Morgan fingerprint density at radius 2 is 1.73 bits per heavy atom. The van der Waals surface area contributed by atoms with E-state index in [1.807, 2.05) is 48.5 Å². The first-order valence-corrected chi connectivity index (χ1v) is 9.53. The molecule has 1 amide bonds. The largest absolute Gasteiger partial charge is 0.481 e. The lowest BCUT2D eigenvalue weighted by Gasteiger charge is -2.10. The van der Waals surface area contributed by atoms with Crippen molar-refractivity contribution in [1.82, 2.24) is 10.3 Å². The highest BCUT2D eigenvalue weighted by Crippen LogP contribution is 2.20. The van der Waals surface area contributed by atoms with Gasteiger partial charge in [-0.25, -0.2) is 4.98 Å². The Kier molecular flexibility index (Phi) is 7.26. The van der Waals surface area contributed by atoms with Gasteiger partial charge in [0.1, 0.15) is 5.82 Å². The highest BCUT2D eigenvalue weighted by Gasteiger charge is 2.10. The molecule has 0 aliphatic heterocycles. The van der Waals surface area contributed by atoms with Gasteiger partial charge >= 0.3 is 5.97 Å². The molecule has 7 nitrogen and oxygen atoms in total. The van der Waals surface area contributed by atoms with E-state index < -0.39 is 12.1 Å². The van der Waals surface area contributed by atoms with Crippen molar-refractivity contribution in [1.29, 1.82) is 0 Å². The summed E-state index contributed by atoms with van der Waals surface area (Å²) < 4.78 is 0. The summed E-state index contributed by atoms with van der Waals surface area (Å²) in [6.07, 6.45) is 0.370. The molecule has 0 radical (unpaired) electrons. The zero-order chi connectivity index (χ0) is 21.3. The van der Waals surface area contributed by atoms with Crippen molar-refractivity contribution in [2.45, 2.75) is 19.1 Å². The SMILES string of the molecule is O=C(O)CC(O)CNCc1ccc(NC(=O)c2cccc(-c3ccccc3)c2)nc1. The second kappa shape index (κ2) is 10.3. The number of carbonyl (C=O) groups excluding carboxylic acids is 1. The van der Waals surface area contributed by atoms with Crippen LogP contribution in [0.15, 0.2) is 72.9 Å². The number of aliphatic hydroxyl groups is 1. The summed E-state index contributed by atoms with van der Waals surface area (Å²) in [7, 11) is 0. The van der Waals surface area contributed by atoms with Gasteiger partial charge in [-0.3, -0.25) is 9.59 Å². The number of pyridine rings is 1. The third kappa shape index (κ3) is 6.23. The fraction of sp³-hybridized carbons (Fsp3) is 0.174. The van der Waals surface area contributed by atoms with Gasteiger partial charge < -0.3 is 20.8 Å². The molecule has 0 saturated heterocycles. The van der Waals surface area contributed by atoms with E-state index in [1.54, 1.807) is 24.4 Å². The van der Waals surface area contributed by atoms with Gasteiger partial charge in [-0.1, -0.05) is 48.5 Å². The van der Waals surface area contributed by atoms with Crippen molar-refractivity contribution in [3.05, 3.63) is 84.1 Å². The number of nitrogens with zero attached hydrogens (tertiary/aromatic N) is 1. The van der Waals surface area contributed by atoms with Crippen LogP contribution in [0.4, 0.5) is 5.82 Å². The van der Waals surface area contributed by atoms with Gasteiger partial charge in [0, 0.05) is 24.8 Å². The first-order valence-electron chi connectivity index (χ1n) is 9.53. The number of hydrogen-bond acceptors (Lipinski definition) is 5. The van der Waals surface area contributed by atoms with Crippen molar-refractivity contribution in [2.75, 3.05) is 11.9 Å². The van der Waals surface area contributed by atoms with Crippen molar-refractivity contribution >= 4 is 17.7 Å². The van der Waals surface area contributed by atoms with Crippen LogP contribution < -0.4 is 10.6 Å². The third-order valence-electron chi connectivity index (χ3n) is 4.42. The maximum absolute atomic E-state index is 12.6. The van der Waals surface area contributed by atoms with Crippen molar-refractivity contribution < 1.29 is 19.8 Å². The zero-order valence-electron chi connectivity index (χ0n) is 16.3. The summed E-state index contributed by atoms with van der Waals surface area (Å²) in [5.41, 5.74) is 3.39. The summed E-state index contributed by atoms with van der Waals surface area (Å²) in [6, 6.07) is 20.7. The number of carboxylic acid groups (broad SMARTS) is 1. The minimum Gasteiger partial charge on any atom is -0.481 e. The van der Waals surface area contributed by atoms with E-state index in [2.05, 4.69) is 15.6 Å². The molecule has 2 aromatic carbocycles. The van der Waals surface area contributed by atoms with Crippen LogP contribution in [0, 0.1) is 0 Å². The lowest BCUT2D eigenvalue weighted by atomic mass is 10.0. The molecule has 7 heteroatoms. The average molecular weight is 405 g/mol. The number of carbonyl (C=O) groups is 2. The number of rotatable bonds is 9. The van der Waals surface area contributed by atoms with Gasteiger partial charge in [0.05, 0.1) is 12.5 Å². The molecule has 0 aliphatic rings. The summed E-state index contributed by atoms with van der Waals surface area (Å²) in [5, 5.41) is 23.9. The maximum Gasteiger partial charge on any atom is 0.306 e. The molecule has 1 aromatic heterocycles. The molecular weight excluding hydrogens is 382 g/mol. The monoisotopic (exact) mass is 405 g/mol. The summed E-state index contributed by atoms with van der Waals surface area (Å²) in [4.78, 5) is 27.4. The summed E-state index contributed by atoms with van der Waals surface area (Å²) >= 11 is 0. The number of aliphatic carboxylic acids is 1. The highest BCUT2D eigenvalue weighted by atomic mass is 16.4. The van der Waals surface area contributed by atoms with Crippen LogP contribution in [0.3, 0.4) is 0 Å². The van der Waals surface area contributed by atoms with Crippen LogP contribution in [0.25, 0.3) is 11.1 Å². The zero-order valence-corrected chi connectivity index (χ0v) is 16.3. The lowest BCUT2D eigenvalue weighted by molar-refractivity contribution is -0.139. The molecule has 0 fully saturated rings. The first kappa shape index (κ1) is 21.2. The topological polar surface area (TPSA) is 112 Å².